The highest BCUT2D eigenvalue weighted by atomic mass is 35.5. The Kier molecular flexibility index (Phi) is 10.4. The number of carbonyl (C=O) groups excluding carboxylic acids is 2. The average Bonchev–Trinajstić information content (AvgIpc) is 3.16. The molecule has 7 heteroatoms. The number of likely N-dealkylation sites (tertiary alicyclic amines) is 1. The minimum absolute atomic E-state index is 0. The molecule has 0 saturated carbocycles. The van der Waals surface area contributed by atoms with Gasteiger partial charge in [-0.2, -0.15) is 0 Å². The van der Waals surface area contributed by atoms with Crippen LogP contribution >= 0.6 is 12.4 Å². The Labute approximate surface area is 158 Å². The Morgan fingerprint density at radius 1 is 1.16 bits per heavy atom. The van der Waals surface area contributed by atoms with Gasteiger partial charge in [0.1, 0.15) is 0 Å². The molecule has 0 aromatic heterocycles. The molecule has 1 unspecified atom stereocenters. The topological polar surface area (TPSA) is 64.7 Å². The maximum Gasteiger partial charge on any atom is 0.239 e. The number of halogens is 1. The zero-order valence-corrected chi connectivity index (χ0v) is 16.6. The van der Waals surface area contributed by atoms with E-state index in [0.29, 0.717) is 13.1 Å². The summed E-state index contributed by atoms with van der Waals surface area (Å²) in [7, 11) is 0. The first-order valence-electron chi connectivity index (χ1n) is 9.68. The van der Waals surface area contributed by atoms with E-state index >= 15 is 0 Å². The molecule has 146 valence electrons. The monoisotopic (exact) mass is 374 g/mol. The molecule has 2 heterocycles. The Hall–Kier alpha value is -0.850. The van der Waals surface area contributed by atoms with Gasteiger partial charge in [0.25, 0.3) is 0 Å². The number of rotatable bonds is 8. The standard InChI is InChI=1S/C18H34N4O2.ClH/c1-3-21(4-2)12-6-11-20-17(23)15-8-13-22(14-9-15)18(24)16-7-5-10-19-16;/h15-16,19H,3-14H2,1-2H3,(H,20,23);1H. The molecule has 0 spiro atoms. The lowest BCUT2D eigenvalue weighted by Crippen LogP contribution is -2.48. The first kappa shape index (κ1) is 22.2. The zero-order valence-electron chi connectivity index (χ0n) is 15.8. The van der Waals surface area contributed by atoms with E-state index in [0.717, 1.165) is 64.8 Å². The molecule has 0 aromatic rings. The molecule has 2 N–H and O–H groups in total. The highest BCUT2D eigenvalue weighted by Crippen LogP contribution is 2.19. The number of nitrogens with one attached hydrogen (secondary N) is 2. The Balaban J connectivity index is 0.00000312. The van der Waals surface area contributed by atoms with E-state index in [4.69, 9.17) is 0 Å². The molecule has 2 fully saturated rings. The number of carbonyl (C=O) groups is 2. The fourth-order valence-electron chi connectivity index (χ4n) is 3.68. The molecule has 6 nitrogen and oxygen atoms in total. The lowest BCUT2D eigenvalue weighted by molar-refractivity contribution is -0.137. The van der Waals surface area contributed by atoms with Gasteiger partial charge < -0.3 is 20.4 Å². The van der Waals surface area contributed by atoms with Crippen LogP contribution in [0.2, 0.25) is 0 Å². The summed E-state index contributed by atoms with van der Waals surface area (Å²) in [5, 5.41) is 6.34. The maximum atomic E-state index is 12.4. The van der Waals surface area contributed by atoms with E-state index in [2.05, 4.69) is 29.4 Å². The van der Waals surface area contributed by atoms with Crippen molar-refractivity contribution < 1.29 is 9.59 Å². The third kappa shape index (κ3) is 6.76. The van der Waals surface area contributed by atoms with Crippen LogP contribution in [0.4, 0.5) is 0 Å². The molecule has 0 aliphatic carbocycles. The van der Waals surface area contributed by atoms with Crippen molar-refractivity contribution in [2.45, 2.75) is 52.0 Å². The summed E-state index contributed by atoms with van der Waals surface area (Å²) in [6.07, 6.45) is 4.62. The Bertz CT molecular complexity index is 404. The van der Waals surface area contributed by atoms with Crippen LogP contribution in [0.3, 0.4) is 0 Å². The second-order valence-corrected chi connectivity index (χ2v) is 6.92. The minimum Gasteiger partial charge on any atom is -0.356 e. The van der Waals surface area contributed by atoms with E-state index in [9.17, 15) is 9.59 Å². The molecule has 0 bridgehead atoms. The molecule has 2 saturated heterocycles. The summed E-state index contributed by atoms with van der Waals surface area (Å²) < 4.78 is 0. The smallest absolute Gasteiger partial charge is 0.239 e. The Morgan fingerprint density at radius 3 is 2.40 bits per heavy atom. The summed E-state index contributed by atoms with van der Waals surface area (Å²) in [4.78, 5) is 28.9. The number of amides is 2. The lowest BCUT2D eigenvalue weighted by Gasteiger charge is -2.33. The van der Waals surface area contributed by atoms with Gasteiger partial charge in [-0.05, 0) is 58.3 Å². The van der Waals surface area contributed by atoms with Crippen LogP contribution < -0.4 is 10.6 Å². The number of nitrogens with zero attached hydrogens (tertiary/aromatic N) is 2. The van der Waals surface area contributed by atoms with Gasteiger partial charge in [-0.25, -0.2) is 0 Å². The van der Waals surface area contributed by atoms with Crippen LogP contribution in [0.25, 0.3) is 0 Å². The lowest BCUT2D eigenvalue weighted by atomic mass is 9.95. The SMILES string of the molecule is CCN(CC)CCCNC(=O)C1CCN(C(=O)C2CCCN2)CC1.Cl. The third-order valence-corrected chi connectivity index (χ3v) is 5.38. The predicted octanol–water partition coefficient (Wildman–Crippen LogP) is 1.25. The van der Waals surface area contributed by atoms with Gasteiger partial charge >= 0.3 is 0 Å². The van der Waals surface area contributed by atoms with Gasteiger partial charge in [0.2, 0.25) is 11.8 Å². The van der Waals surface area contributed by atoms with Crippen LogP contribution in [0.1, 0.15) is 46.0 Å². The molecule has 25 heavy (non-hydrogen) atoms. The molecule has 0 aromatic carbocycles. The van der Waals surface area contributed by atoms with Gasteiger partial charge in [-0.15, -0.1) is 12.4 Å². The molecule has 2 amide bonds. The largest absolute Gasteiger partial charge is 0.356 e. The van der Waals surface area contributed by atoms with E-state index in [1.165, 1.54) is 0 Å². The molecule has 0 radical (unpaired) electrons. The molecule has 2 aliphatic heterocycles. The average molecular weight is 375 g/mol. The van der Waals surface area contributed by atoms with E-state index in [1.807, 2.05) is 4.90 Å². The van der Waals surface area contributed by atoms with Crippen molar-refractivity contribution in [1.29, 1.82) is 0 Å². The summed E-state index contributed by atoms with van der Waals surface area (Å²) >= 11 is 0. The molecular weight excluding hydrogens is 340 g/mol. The summed E-state index contributed by atoms with van der Waals surface area (Å²) in [5.41, 5.74) is 0. The number of piperidine rings is 1. The van der Waals surface area contributed by atoms with Gasteiger partial charge in [-0.1, -0.05) is 13.8 Å². The van der Waals surface area contributed by atoms with Crippen LogP contribution in [0, 0.1) is 5.92 Å². The highest BCUT2D eigenvalue weighted by molar-refractivity contribution is 5.85. The van der Waals surface area contributed by atoms with Crippen LogP contribution in [0.5, 0.6) is 0 Å². The van der Waals surface area contributed by atoms with Crippen molar-refractivity contribution in [3.8, 4) is 0 Å². The zero-order chi connectivity index (χ0) is 17.4. The molecule has 1 atom stereocenters. The minimum atomic E-state index is 0. The predicted molar refractivity (Wildman–Crippen MR) is 103 cm³/mol. The van der Waals surface area contributed by atoms with Crippen molar-refractivity contribution >= 4 is 24.2 Å². The molecule has 2 rings (SSSR count). The van der Waals surface area contributed by atoms with Crippen LogP contribution in [0.15, 0.2) is 0 Å². The van der Waals surface area contributed by atoms with Crippen LogP contribution in [-0.4, -0.2) is 73.5 Å². The van der Waals surface area contributed by atoms with Gasteiger partial charge in [0.05, 0.1) is 6.04 Å². The van der Waals surface area contributed by atoms with Crippen molar-refractivity contribution in [1.82, 2.24) is 20.4 Å². The van der Waals surface area contributed by atoms with Gasteiger partial charge in [-0.3, -0.25) is 9.59 Å². The van der Waals surface area contributed by atoms with Crippen LogP contribution in [-0.2, 0) is 9.59 Å². The number of hydrogen-bond acceptors (Lipinski definition) is 4. The second kappa shape index (κ2) is 11.7. The second-order valence-electron chi connectivity index (χ2n) is 6.92. The van der Waals surface area contributed by atoms with Crippen molar-refractivity contribution in [2.75, 3.05) is 45.8 Å². The van der Waals surface area contributed by atoms with E-state index < -0.39 is 0 Å². The normalized spacial score (nSPS) is 21.2. The van der Waals surface area contributed by atoms with E-state index in [-0.39, 0.29) is 36.2 Å². The molecular formula is C18H35ClN4O2. The van der Waals surface area contributed by atoms with Crippen molar-refractivity contribution in [3.05, 3.63) is 0 Å². The van der Waals surface area contributed by atoms with Gasteiger partial charge in [0.15, 0.2) is 0 Å². The third-order valence-electron chi connectivity index (χ3n) is 5.38. The van der Waals surface area contributed by atoms with Crippen molar-refractivity contribution in [2.24, 2.45) is 5.92 Å². The fourth-order valence-corrected chi connectivity index (χ4v) is 3.68. The van der Waals surface area contributed by atoms with Crippen molar-refractivity contribution in [3.63, 3.8) is 0 Å². The first-order valence-corrected chi connectivity index (χ1v) is 9.68. The fraction of sp³-hybridized carbons (Fsp3) is 0.889. The van der Waals surface area contributed by atoms with Gasteiger partial charge in [0, 0.05) is 25.6 Å². The highest BCUT2D eigenvalue weighted by Gasteiger charge is 2.31. The maximum absolute atomic E-state index is 12.4. The Morgan fingerprint density at radius 2 is 1.84 bits per heavy atom. The summed E-state index contributed by atoms with van der Waals surface area (Å²) in [6.45, 7) is 10.6. The summed E-state index contributed by atoms with van der Waals surface area (Å²) in [5.74, 6) is 0.463. The number of hydrogen-bond donors (Lipinski definition) is 2. The summed E-state index contributed by atoms with van der Waals surface area (Å²) in [6, 6.07) is 0.00968. The quantitative estimate of drug-likeness (QED) is 0.627. The first-order chi connectivity index (χ1) is 11.7. The van der Waals surface area contributed by atoms with E-state index in [1.54, 1.807) is 0 Å². The molecule has 2 aliphatic rings.